The van der Waals surface area contributed by atoms with Crippen LogP contribution in [0.5, 0.6) is 5.75 Å². The lowest BCUT2D eigenvalue weighted by Crippen LogP contribution is -2.28. The molecule has 22 heavy (non-hydrogen) atoms. The third-order valence-corrected chi connectivity index (χ3v) is 3.96. The summed E-state index contributed by atoms with van der Waals surface area (Å²) >= 11 is 0. The normalized spacial score (nSPS) is 12.9. The Morgan fingerprint density at radius 2 is 1.73 bits per heavy atom. The van der Waals surface area contributed by atoms with E-state index in [1.54, 1.807) is 49.3 Å². The summed E-state index contributed by atoms with van der Waals surface area (Å²) in [5, 5.41) is 0. The first-order chi connectivity index (χ1) is 10.6. The van der Waals surface area contributed by atoms with Crippen LogP contribution in [-0.4, -0.2) is 25.3 Å². The van der Waals surface area contributed by atoms with Crippen LogP contribution in [0.3, 0.4) is 0 Å². The Bertz CT molecular complexity index is 734. The first-order valence-corrected chi connectivity index (χ1v) is 7.20. The molecule has 4 nitrogen and oxygen atoms in total. The van der Waals surface area contributed by atoms with E-state index >= 15 is 0 Å². The van der Waals surface area contributed by atoms with Crippen molar-refractivity contribution in [3.05, 3.63) is 59.2 Å². The van der Waals surface area contributed by atoms with Gasteiger partial charge in [-0.3, -0.25) is 9.59 Å². The van der Waals surface area contributed by atoms with Crippen LogP contribution in [0.15, 0.2) is 42.5 Å². The van der Waals surface area contributed by atoms with Gasteiger partial charge < -0.3 is 9.64 Å². The number of nitrogens with zero attached hydrogens (tertiary/aromatic N) is 1. The first-order valence-electron chi connectivity index (χ1n) is 7.20. The third-order valence-electron chi connectivity index (χ3n) is 3.96. The predicted octanol–water partition coefficient (Wildman–Crippen LogP) is 3.10. The lowest BCUT2D eigenvalue weighted by Gasteiger charge is -2.17. The minimum absolute atomic E-state index is 0.0306. The monoisotopic (exact) mass is 295 g/mol. The Morgan fingerprint density at radius 3 is 2.36 bits per heavy atom. The number of carbonyl (C=O) groups excluding carboxylic acids is 2. The van der Waals surface area contributed by atoms with E-state index in [0.29, 0.717) is 17.7 Å². The van der Waals surface area contributed by atoms with Gasteiger partial charge in [0.15, 0.2) is 5.78 Å². The molecule has 1 heterocycles. The van der Waals surface area contributed by atoms with Gasteiger partial charge in [-0.1, -0.05) is 0 Å². The molecule has 0 radical (unpaired) electrons. The van der Waals surface area contributed by atoms with E-state index in [1.807, 2.05) is 12.1 Å². The van der Waals surface area contributed by atoms with Crippen LogP contribution in [-0.2, 0) is 6.42 Å². The van der Waals surface area contributed by atoms with Crippen molar-refractivity contribution in [1.82, 2.24) is 0 Å². The molecule has 0 saturated carbocycles. The lowest BCUT2D eigenvalue weighted by molar-refractivity contribution is 0.0987. The van der Waals surface area contributed by atoms with E-state index in [4.69, 9.17) is 4.74 Å². The number of methoxy groups -OCH3 is 1. The lowest BCUT2D eigenvalue weighted by atomic mass is 10.1. The topological polar surface area (TPSA) is 46.6 Å². The maximum absolute atomic E-state index is 12.6. The van der Waals surface area contributed by atoms with E-state index < -0.39 is 0 Å². The molecule has 3 rings (SSSR count). The number of ether oxygens (including phenoxy) is 1. The minimum atomic E-state index is -0.0306. The van der Waals surface area contributed by atoms with Gasteiger partial charge in [0, 0.05) is 23.4 Å². The minimum Gasteiger partial charge on any atom is -0.497 e. The van der Waals surface area contributed by atoms with E-state index in [-0.39, 0.29) is 11.7 Å². The standard InChI is InChI=1S/C18H17NO3/c1-12(20)14-5-8-17-15(11-14)9-10-19(17)18(21)13-3-6-16(22-2)7-4-13/h3-8,11H,9-10H2,1-2H3. The molecule has 112 valence electrons. The number of Topliss-reactive ketones (excluding diaryl/α,β-unsaturated/α-hetero) is 1. The molecule has 0 spiro atoms. The SMILES string of the molecule is COc1ccc(C(=O)N2CCc3cc(C(C)=O)ccc32)cc1. The van der Waals surface area contributed by atoms with Crippen LogP contribution >= 0.6 is 0 Å². The van der Waals surface area contributed by atoms with E-state index in [9.17, 15) is 9.59 Å². The summed E-state index contributed by atoms with van der Waals surface area (Å²) in [6.07, 6.45) is 0.776. The highest BCUT2D eigenvalue weighted by Gasteiger charge is 2.26. The molecule has 0 atom stereocenters. The highest BCUT2D eigenvalue weighted by atomic mass is 16.5. The molecule has 0 aromatic heterocycles. The number of rotatable bonds is 3. The van der Waals surface area contributed by atoms with Gasteiger partial charge in [0.05, 0.1) is 7.11 Å². The number of benzene rings is 2. The molecule has 0 fully saturated rings. The first kappa shape index (κ1) is 14.3. The molecule has 1 aliphatic heterocycles. The maximum atomic E-state index is 12.6. The Kier molecular flexibility index (Phi) is 3.67. The molecule has 1 aliphatic rings. The van der Waals surface area contributed by atoms with Crippen molar-refractivity contribution < 1.29 is 14.3 Å². The summed E-state index contributed by atoms with van der Waals surface area (Å²) in [5.74, 6) is 0.740. The second-order valence-electron chi connectivity index (χ2n) is 5.33. The number of hydrogen-bond acceptors (Lipinski definition) is 3. The van der Waals surface area contributed by atoms with Gasteiger partial charge in [0.2, 0.25) is 0 Å². The number of amides is 1. The third kappa shape index (κ3) is 2.48. The van der Waals surface area contributed by atoms with Gasteiger partial charge in [0.25, 0.3) is 5.91 Å². The van der Waals surface area contributed by atoms with Crippen LogP contribution < -0.4 is 9.64 Å². The Hall–Kier alpha value is -2.62. The smallest absolute Gasteiger partial charge is 0.258 e. The number of fused-ring (bicyclic) bond motifs is 1. The van der Waals surface area contributed by atoms with Gasteiger partial charge in [-0.2, -0.15) is 0 Å². The van der Waals surface area contributed by atoms with Crippen LogP contribution in [0, 0.1) is 0 Å². The van der Waals surface area contributed by atoms with E-state index in [2.05, 4.69) is 0 Å². The van der Waals surface area contributed by atoms with Gasteiger partial charge in [-0.25, -0.2) is 0 Å². The Labute approximate surface area is 129 Å². The van der Waals surface area contributed by atoms with Gasteiger partial charge in [-0.05, 0) is 61.4 Å². The Balaban J connectivity index is 1.88. The molecule has 0 N–H and O–H groups in total. The Morgan fingerprint density at radius 1 is 1.05 bits per heavy atom. The molecule has 0 unspecified atom stereocenters. The molecule has 2 aromatic carbocycles. The van der Waals surface area contributed by atoms with Crippen LogP contribution in [0.2, 0.25) is 0 Å². The molecule has 0 bridgehead atoms. The molecule has 4 heteroatoms. The zero-order chi connectivity index (χ0) is 15.7. The largest absolute Gasteiger partial charge is 0.497 e. The molecular weight excluding hydrogens is 278 g/mol. The summed E-state index contributed by atoms with van der Waals surface area (Å²) in [5.41, 5.74) is 3.27. The van der Waals surface area contributed by atoms with Gasteiger partial charge in [-0.15, -0.1) is 0 Å². The van der Waals surface area contributed by atoms with Crippen molar-refractivity contribution in [3.63, 3.8) is 0 Å². The number of ketones is 1. The van der Waals surface area contributed by atoms with Crippen LogP contribution in [0.4, 0.5) is 5.69 Å². The second kappa shape index (κ2) is 5.64. The van der Waals surface area contributed by atoms with Crippen molar-refractivity contribution in [3.8, 4) is 5.75 Å². The zero-order valence-corrected chi connectivity index (χ0v) is 12.6. The number of anilines is 1. The van der Waals surface area contributed by atoms with Crippen molar-refractivity contribution in [1.29, 1.82) is 0 Å². The van der Waals surface area contributed by atoms with Crippen molar-refractivity contribution in [2.75, 3.05) is 18.6 Å². The highest BCUT2D eigenvalue weighted by molar-refractivity contribution is 6.07. The van der Waals surface area contributed by atoms with Crippen molar-refractivity contribution in [2.24, 2.45) is 0 Å². The summed E-state index contributed by atoms with van der Waals surface area (Å²) in [4.78, 5) is 25.9. The van der Waals surface area contributed by atoms with Crippen LogP contribution in [0.1, 0.15) is 33.2 Å². The molecule has 0 saturated heterocycles. The summed E-state index contributed by atoms with van der Waals surface area (Å²) in [6, 6.07) is 12.6. The van der Waals surface area contributed by atoms with Gasteiger partial charge in [0.1, 0.15) is 5.75 Å². The average molecular weight is 295 g/mol. The van der Waals surface area contributed by atoms with Crippen molar-refractivity contribution in [2.45, 2.75) is 13.3 Å². The average Bonchev–Trinajstić information content (AvgIpc) is 2.97. The fraction of sp³-hybridized carbons (Fsp3) is 0.222. The highest BCUT2D eigenvalue weighted by Crippen LogP contribution is 2.30. The zero-order valence-electron chi connectivity index (χ0n) is 12.6. The fourth-order valence-electron chi connectivity index (χ4n) is 2.72. The second-order valence-corrected chi connectivity index (χ2v) is 5.33. The van der Waals surface area contributed by atoms with Crippen molar-refractivity contribution >= 4 is 17.4 Å². The van der Waals surface area contributed by atoms with Gasteiger partial charge >= 0.3 is 0 Å². The van der Waals surface area contributed by atoms with Crippen LogP contribution in [0.25, 0.3) is 0 Å². The summed E-state index contributed by atoms with van der Waals surface area (Å²) in [7, 11) is 1.60. The molecule has 1 amide bonds. The molecular formula is C18H17NO3. The molecule has 0 aliphatic carbocycles. The summed E-state index contributed by atoms with van der Waals surface area (Å²) in [6.45, 7) is 2.19. The number of carbonyl (C=O) groups is 2. The van der Waals surface area contributed by atoms with E-state index in [0.717, 1.165) is 23.4 Å². The number of hydrogen-bond donors (Lipinski definition) is 0. The fourth-order valence-corrected chi connectivity index (χ4v) is 2.72. The summed E-state index contributed by atoms with van der Waals surface area (Å²) < 4.78 is 5.11. The quantitative estimate of drug-likeness (QED) is 0.817. The molecule has 2 aromatic rings. The predicted molar refractivity (Wildman–Crippen MR) is 84.8 cm³/mol. The van der Waals surface area contributed by atoms with E-state index in [1.165, 1.54) is 0 Å². The maximum Gasteiger partial charge on any atom is 0.258 e.